The molecule has 2 aromatic rings. The van der Waals surface area contributed by atoms with Gasteiger partial charge < -0.3 is 24.4 Å². The van der Waals surface area contributed by atoms with E-state index in [0.29, 0.717) is 38.2 Å². The summed E-state index contributed by atoms with van der Waals surface area (Å²) in [7, 11) is 0. The highest BCUT2D eigenvalue weighted by atomic mass is 16.6. The zero-order chi connectivity index (χ0) is 21.5. The maximum Gasteiger partial charge on any atom is 0.409 e. The Bertz CT molecular complexity index is 979. The van der Waals surface area contributed by atoms with Crippen molar-refractivity contribution in [2.24, 2.45) is 0 Å². The summed E-state index contributed by atoms with van der Waals surface area (Å²) in [5.74, 6) is -0.408. The van der Waals surface area contributed by atoms with Gasteiger partial charge in [-0.25, -0.2) is 4.79 Å². The molecular formula is C21H26N4O5. The van der Waals surface area contributed by atoms with Crippen LogP contribution >= 0.6 is 0 Å². The fraction of sp³-hybridized carbons (Fsp3) is 0.429. The number of piperazine rings is 1. The van der Waals surface area contributed by atoms with Gasteiger partial charge in [0.05, 0.1) is 6.61 Å². The molecule has 0 aliphatic carbocycles. The fourth-order valence-electron chi connectivity index (χ4n) is 3.39. The predicted molar refractivity (Wildman–Crippen MR) is 111 cm³/mol. The van der Waals surface area contributed by atoms with Crippen LogP contribution in [0, 0.1) is 0 Å². The molecule has 1 aromatic carbocycles. The van der Waals surface area contributed by atoms with Crippen LogP contribution in [0.1, 0.15) is 13.3 Å². The first-order valence-electron chi connectivity index (χ1n) is 10.0. The summed E-state index contributed by atoms with van der Waals surface area (Å²) in [6.45, 7) is 3.92. The average Bonchev–Trinajstić information content (AvgIpc) is 2.76. The molecule has 1 aromatic heterocycles. The number of carbonyl (C=O) groups is 3. The second-order valence-electron chi connectivity index (χ2n) is 7.00. The molecule has 1 saturated heterocycles. The van der Waals surface area contributed by atoms with Crippen LogP contribution in [0.2, 0.25) is 0 Å². The molecule has 0 radical (unpaired) electrons. The minimum atomic E-state index is -0.360. The van der Waals surface area contributed by atoms with Gasteiger partial charge in [0, 0.05) is 50.7 Å². The van der Waals surface area contributed by atoms with E-state index in [0.717, 1.165) is 5.39 Å². The van der Waals surface area contributed by atoms with E-state index in [9.17, 15) is 19.2 Å². The second-order valence-corrected chi connectivity index (χ2v) is 7.00. The molecule has 1 N–H and O–H groups in total. The van der Waals surface area contributed by atoms with Crippen LogP contribution in [0.25, 0.3) is 10.8 Å². The Morgan fingerprint density at radius 1 is 1.03 bits per heavy atom. The predicted octanol–water partition coefficient (Wildman–Crippen LogP) is 0.808. The molecule has 0 unspecified atom stereocenters. The average molecular weight is 414 g/mol. The molecule has 30 heavy (non-hydrogen) atoms. The van der Waals surface area contributed by atoms with Crippen molar-refractivity contribution < 1.29 is 19.1 Å². The minimum Gasteiger partial charge on any atom is -0.450 e. The SMILES string of the molecule is CCOC(=O)N1CCN(C(=O)CCNC(=O)Cn2ccc3ccccc3c2=O)CC1. The summed E-state index contributed by atoms with van der Waals surface area (Å²) in [5.41, 5.74) is -0.223. The number of hydrogen-bond donors (Lipinski definition) is 1. The number of rotatable bonds is 6. The molecule has 0 saturated carbocycles. The molecule has 1 aliphatic heterocycles. The first-order valence-corrected chi connectivity index (χ1v) is 10.0. The van der Waals surface area contributed by atoms with Gasteiger partial charge in [0.2, 0.25) is 11.8 Å². The number of benzene rings is 1. The largest absolute Gasteiger partial charge is 0.450 e. The van der Waals surface area contributed by atoms with Gasteiger partial charge in [0.15, 0.2) is 0 Å². The highest BCUT2D eigenvalue weighted by molar-refractivity contribution is 5.82. The van der Waals surface area contributed by atoms with E-state index in [-0.39, 0.29) is 43.0 Å². The summed E-state index contributed by atoms with van der Waals surface area (Å²) >= 11 is 0. The van der Waals surface area contributed by atoms with Crippen molar-refractivity contribution in [1.82, 2.24) is 19.7 Å². The van der Waals surface area contributed by atoms with Crippen molar-refractivity contribution in [2.45, 2.75) is 19.9 Å². The molecule has 160 valence electrons. The number of fused-ring (bicyclic) bond motifs is 1. The Balaban J connectivity index is 1.43. The number of ether oxygens (including phenoxy) is 1. The molecule has 1 fully saturated rings. The summed E-state index contributed by atoms with van der Waals surface area (Å²) in [6, 6.07) is 9.01. The summed E-state index contributed by atoms with van der Waals surface area (Å²) < 4.78 is 6.32. The molecule has 0 atom stereocenters. The van der Waals surface area contributed by atoms with Gasteiger partial charge in [0.1, 0.15) is 6.54 Å². The number of aromatic nitrogens is 1. The zero-order valence-electron chi connectivity index (χ0n) is 17.0. The molecule has 1 aliphatic rings. The van der Waals surface area contributed by atoms with Crippen molar-refractivity contribution in [3.63, 3.8) is 0 Å². The van der Waals surface area contributed by atoms with E-state index in [4.69, 9.17) is 4.74 Å². The Kier molecular flexibility index (Phi) is 7.05. The van der Waals surface area contributed by atoms with E-state index in [1.807, 2.05) is 12.1 Å². The van der Waals surface area contributed by atoms with E-state index < -0.39 is 0 Å². The standard InChI is InChI=1S/C21H26N4O5/c1-2-30-21(29)24-13-11-23(12-14-24)19(27)7-9-22-18(26)15-25-10-8-16-5-3-4-6-17(16)20(25)28/h3-6,8,10H,2,7,9,11-15H2,1H3,(H,22,26). The molecule has 9 heteroatoms. The molecule has 3 rings (SSSR count). The monoisotopic (exact) mass is 414 g/mol. The van der Waals surface area contributed by atoms with Crippen LogP contribution in [0.15, 0.2) is 41.3 Å². The van der Waals surface area contributed by atoms with Crippen LogP contribution < -0.4 is 10.9 Å². The topological polar surface area (TPSA) is 101 Å². The van der Waals surface area contributed by atoms with Gasteiger partial charge in [-0.3, -0.25) is 14.4 Å². The zero-order valence-corrected chi connectivity index (χ0v) is 17.0. The van der Waals surface area contributed by atoms with Crippen molar-refractivity contribution in [3.05, 3.63) is 46.9 Å². The number of carbonyl (C=O) groups excluding carboxylic acids is 3. The van der Waals surface area contributed by atoms with Crippen LogP contribution in [0.4, 0.5) is 4.79 Å². The normalized spacial score (nSPS) is 13.9. The van der Waals surface area contributed by atoms with Gasteiger partial charge in [-0.15, -0.1) is 0 Å². The summed E-state index contributed by atoms with van der Waals surface area (Å²) in [6.07, 6.45) is 1.40. The van der Waals surface area contributed by atoms with Gasteiger partial charge in [0.25, 0.3) is 5.56 Å². The van der Waals surface area contributed by atoms with Gasteiger partial charge in [-0.2, -0.15) is 0 Å². The van der Waals surface area contributed by atoms with Crippen LogP contribution in [0.5, 0.6) is 0 Å². The molecule has 2 heterocycles. The Labute approximate surface area is 174 Å². The lowest BCUT2D eigenvalue weighted by Gasteiger charge is -2.34. The lowest BCUT2D eigenvalue weighted by Crippen LogP contribution is -2.51. The molecule has 0 spiro atoms. The van der Waals surface area contributed by atoms with Crippen molar-refractivity contribution in [2.75, 3.05) is 39.3 Å². The molecule has 3 amide bonds. The van der Waals surface area contributed by atoms with Crippen molar-refractivity contribution in [3.8, 4) is 0 Å². The van der Waals surface area contributed by atoms with Crippen molar-refractivity contribution >= 4 is 28.7 Å². The lowest BCUT2D eigenvalue weighted by molar-refractivity contribution is -0.132. The third kappa shape index (κ3) is 5.16. The maximum absolute atomic E-state index is 12.5. The van der Waals surface area contributed by atoms with E-state index in [1.54, 1.807) is 41.1 Å². The van der Waals surface area contributed by atoms with Crippen LogP contribution in [0.3, 0.4) is 0 Å². The Morgan fingerprint density at radius 3 is 2.47 bits per heavy atom. The first-order chi connectivity index (χ1) is 14.5. The number of amides is 3. The van der Waals surface area contributed by atoms with Crippen LogP contribution in [-0.2, 0) is 20.9 Å². The smallest absolute Gasteiger partial charge is 0.409 e. The number of nitrogens with one attached hydrogen (secondary N) is 1. The number of nitrogens with zero attached hydrogens (tertiary/aromatic N) is 3. The Hall–Kier alpha value is -3.36. The lowest BCUT2D eigenvalue weighted by atomic mass is 10.2. The second kappa shape index (κ2) is 9.91. The third-order valence-electron chi connectivity index (χ3n) is 5.02. The molecule has 9 nitrogen and oxygen atoms in total. The highest BCUT2D eigenvalue weighted by Crippen LogP contribution is 2.08. The number of hydrogen-bond acceptors (Lipinski definition) is 5. The summed E-state index contributed by atoms with van der Waals surface area (Å²) in [4.78, 5) is 51.9. The van der Waals surface area contributed by atoms with Gasteiger partial charge in [-0.05, 0) is 24.4 Å². The van der Waals surface area contributed by atoms with E-state index in [2.05, 4.69) is 5.32 Å². The molecular weight excluding hydrogens is 388 g/mol. The van der Waals surface area contributed by atoms with Gasteiger partial charge in [-0.1, -0.05) is 18.2 Å². The Morgan fingerprint density at radius 2 is 1.73 bits per heavy atom. The van der Waals surface area contributed by atoms with Crippen LogP contribution in [-0.4, -0.2) is 71.6 Å². The van der Waals surface area contributed by atoms with Crippen molar-refractivity contribution in [1.29, 1.82) is 0 Å². The van der Waals surface area contributed by atoms with E-state index >= 15 is 0 Å². The fourth-order valence-corrected chi connectivity index (χ4v) is 3.39. The third-order valence-corrected chi connectivity index (χ3v) is 5.02. The maximum atomic E-state index is 12.5. The van der Waals surface area contributed by atoms with E-state index in [1.165, 1.54) is 4.57 Å². The quantitative estimate of drug-likeness (QED) is 0.754. The highest BCUT2D eigenvalue weighted by Gasteiger charge is 2.24. The molecule has 0 bridgehead atoms. The number of pyridine rings is 1. The van der Waals surface area contributed by atoms with Gasteiger partial charge >= 0.3 is 6.09 Å². The minimum absolute atomic E-state index is 0.0818. The summed E-state index contributed by atoms with van der Waals surface area (Å²) in [5, 5.41) is 4.08. The first kappa shape index (κ1) is 21.4.